The van der Waals surface area contributed by atoms with Crippen LogP contribution in [-0.2, 0) is 4.74 Å². The van der Waals surface area contributed by atoms with E-state index >= 15 is 0 Å². The van der Waals surface area contributed by atoms with Gasteiger partial charge in [-0.1, -0.05) is 41.9 Å². The number of hydrogen-bond donors (Lipinski definition) is 0. The van der Waals surface area contributed by atoms with E-state index in [-0.39, 0.29) is 41.4 Å². The maximum atomic E-state index is 11.2. The van der Waals surface area contributed by atoms with Crippen LogP contribution < -0.4 is 39.4 Å². The Balaban J connectivity index is 0.00000256. The van der Waals surface area contributed by atoms with Crippen molar-refractivity contribution in [3.8, 4) is 28.1 Å². The van der Waals surface area contributed by atoms with E-state index in [0.29, 0.717) is 23.1 Å². The molecule has 1 aromatic heterocycles. The predicted molar refractivity (Wildman–Crippen MR) is 109 cm³/mol. The van der Waals surface area contributed by atoms with Crippen molar-refractivity contribution in [3.63, 3.8) is 0 Å². The van der Waals surface area contributed by atoms with Crippen molar-refractivity contribution in [3.05, 3.63) is 71.4 Å². The van der Waals surface area contributed by atoms with Gasteiger partial charge in [0.15, 0.2) is 0 Å². The van der Waals surface area contributed by atoms with Crippen LogP contribution in [0, 0.1) is 0 Å². The van der Waals surface area contributed by atoms with E-state index in [1.54, 1.807) is 18.2 Å². The number of carbonyl (C=O) groups is 1. The van der Waals surface area contributed by atoms with Crippen molar-refractivity contribution in [2.24, 2.45) is 0 Å². The molecule has 1 saturated heterocycles. The van der Waals surface area contributed by atoms with Crippen molar-refractivity contribution < 1.29 is 48.9 Å². The summed E-state index contributed by atoms with van der Waals surface area (Å²) in [6.07, 6.45) is 2.12. The predicted octanol–water partition coefficient (Wildman–Crippen LogP) is 0.994. The topological polar surface area (TPSA) is 71.5 Å². The number of carboxylic acids is 1. The van der Waals surface area contributed by atoms with Gasteiger partial charge < -0.3 is 19.4 Å². The number of carboxylic acid groups (broad SMARTS) is 1. The summed E-state index contributed by atoms with van der Waals surface area (Å²) in [7, 11) is 0. The second-order valence-electron chi connectivity index (χ2n) is 6.83. The number of nitrogens with zero attached hydrogens (tertiary/aromatic N) is 1. The van der Waals surface area contributed by atoms with Crippen molar-refractivity contribution in [1.29, 1.82) is 0 Å². The first-order chi connectivity index (χ1) is 14.1. The molecule has 148 valence electrons. The van der Waals surface area contributed by atoms with Crippen LogP contribution >= 0.6 is 11.6 Å². The second-order valence-corrected chi connectivity index (χ2v) is 7.26. The molecule has 5 nitrogen and oxygen atoms in total. The van der Waals surface area contributed by atoms with Gasteiger partial charge in [-0.3, -0.25) is 0 Å². The number of aromatic carboxylic acids is 1. The number of benzene rings is 2. The monoisotopic (exact) mass is 431 g/mol. The standard InChI is InChI=1S/C23H20ClNO4.Na/c24-15-10-11-22(29-14-16-5-4-12-28-16)19(13-15)17-6-1-2-7-18(17)20-8-3-9-21(25-20)23(26)27;/h1-3,6-11,13,16H,4-5,12,14H2,(H,26,27);/q;+1/p-1. The Bertz CT molecular complexity index is 1040. The van der Waals surface area contributed by atoms with Gasteiger partial charge >= 0.3 is 29.6 Å². The van der Waals surface area contributed by atoms with Crippen LogP contribution in [0.5, 0.6) is 5.75 Å². The molecule has 0 amide bonds. The van der Waals surface area contributed by atoms with Crippen molar-refractivity contribution in [2.45, 2.75) is 18.9 Å². The van der Waals surface area contributed by atoms with Crippen LogP contribution in [0.1, 0.15) is 23.3 Å². The second kappa shape index (κ2) is 10.4. The quantitative estimate of drug-likeness (QED) is 0.544. The molecule has 2 heterocycles. The van der Waals surface area contributed by atoms with Gasteiger partial charge in [-0.25, -0.2) is 4.98 Å². The summed E-state index contributed by atoms with van der Waals surface area (Å²) < 4.78 is 11.7. The largest absolute Gasteiger partial charge is 1.00 e. The molecule has 0 aliphatic carbocycles. The number of hydrogen-bond acceptors (Lipinski definition) is 5. The Morgan fingerprint density at radius 2 is 1.90 bits per heavy atom. The third kappa shape index (κ3) is 5.23. The van der Waals surface area contributed by atoms with Gasteiger partial charge in [-0.15, -0.1) is 0 Å². The molecule has 0 bridgehead atoms. The maximum Gasteiger partial charge on any atom is 1.00 e. The van der Waals surface area contributed by atoms with E-state index in [0.717, 1.165) is 36.1 Å². The van der Waals surface area contributed by atoms with Crippen LogP contribution in [0.15, 0.2) is 60.7 Å². The summed E-state index contributed by atoms with van der Waals surface area (Å²) in [4.78, 5) is 15.5. The van der Waals surface area contributed by atoms with Gasteiger partial charge in [0.2, 0.25) is 0 Å². The molecule has 30 heavy (non-hydrogen) atoms. The summed E-state index contributed by atoms with van der Waals surface area (Å²) in [5.41, 5.74) is 2.86. The summed E-state index contributed by atoms with van der Waals surface area (Å²) >= 11 is 6.28. The summed E-state index contributed by atoms with van der Waals surface area (Å²) in [5.74, 6) is -0.624. The number of pyridine rings is 1. The number of ether oxygens (including phenoxy) is 2. The van der Waals surface area contributed by atoms with Gasteiger partial charge in [-0.2, -0.15) is 0 Å². The van der Waals surface area contributed by atoms with Crippen molar-refractivity contribution in [1.82, 2.24) is 4.98 Å². The number of aromatic nitrogens is 1. The van der Waals surface area contributed by atoms with Crippen LogP contribution in [-0.4, -0.2) is 30.3 Å². The van der Waals surface area contributed by atoms with Crippen molar-refractivity contribution >= 4 is 17.6 Å². The smallest absolute Gasteiger partial charge is 0.543 e. The van der Waals surface area contributed by atoms with E-state index in [2.05, 4.69) is 4.98 Å². The Labute approximate surface area is 202 Å². The molecule has 2 aromatic carbocycles. The Morgan fingerprint density at radius 1 is 1.10 bits per heavy atom. The third-order valence-corrected chi connectivity index (χ3v) is 5.08. The van der Waals surface area contributed by atoms with Gasteiger partial charge in [0.05, 0.1) is 23.5 Å². The van der Waals surface area contributed by atoms with Crippen LogP contribution in [0.4, 0.5) is 0 Å². The molecule has 1 atom stereocenters. The molecule has 0 spiro atoms. The minimum atomic E-state index is -1.31. The molecular formula is C23H19ClNNaO4. The maximum absolute atomic E-state index is 11.2. The van der Waals surface area contributed by atoms with Crippen LogP contribution in [0.2, 0.25) is 5.02 Å². The van der Waals surface area contributed by atoms with E-state index in [1.807, 2.05) is 36.4 Å². The Hall–Kier alpha value is -1.89. The average molecular weight is 432 g/mol. The molecule has 1 aliphatic rings. The molecule has 1 aliphatic heterocycles. The molecule has 0 radical (unpaired) electrons. The first kappa shape index (κ1) is 22.8. The van der Waals surface area contributed by atoms with Gasteiger partial charge in [-0.05, 0) is 48.7 Å². The third-order valence-electron chi connectivity index (χ3n) is 4.84. The average Bonchev–Trinajstić information content (AvgIpc) is 3.26. The summed E-state index contributed by atoms with van der Waals surface area (Å²) in [6.45, 7) is 1.24. The first-order valence-corrected chi connectivity index (χ1v) is 9.82. The fraction of sp³-hybridized carbons (Fsp3) is 0.217. The normalized spacial score (nSPS) is 15.4. The molecule has 7 heteroatoms. The van der Waals surface area contributed by atoms with Crippen molar-refractivity contribution in [2.75, 3.05) is 13.2 Å². The molecule has 0 N–H and O–H groups in total. The Kier molecular flexibility index (Phi) is 7.92. The molecular weight excluding hydrogens is 413 g/mol. The van der Waals surface area contributed by atoms with Gasteiger partial charge in [0.1, 0.15) is 12.4 Å². The van der Waals surface area contributed by atoms with E-state index < -0.39 is 5.97 Å². The first-order valence-electron chi connectivity index (χ1n) is 9.44. The Morgan fingerprint density at radius 3 is 2.63 bits per heavy atom. The molecule has 3 aromatic rings. The SMILES string of the molecule is O=C([O-])c1cccc(-c2ccccc2-c2cc(Cl)ccc2OCC2CCCO2)n1.[Na+]. The van der Waals surface area contributed by atoms with Gasteiger partial charge in [0, 0.05) is 22.8 Å². The summed E-state index contributed by atoms with van der Waals surface area (Å²) in [6, 6.07) is 17.9. The fourth-order valence-electron chi connectivity index (χ4n) is 3.44. The van der Waals surface area contributed by atoms with E-state index in [4.69, 9.17) is 21.1 Å². The molecule has 1 unspecified atom stereocenters. The molecule has 4 rings (SSSR count). The number of carbonyl (C=O) groups excluding carboxylic acids is 1. The molecule has 0 saturated carbocycles. The molecule has 1 fully saturated rings. The number of rotatable bonds is 6. The zero-order valence-corrected chi connectivity index (χ0v) is 19.4. The fourth-order valence-corrected chi connectivity index (χ4v) is 3.61. The van der Waals surface area contributed by atoms with Crippen LogP contribution in [0.25, 0.3) is 22.4 Å². The minimum absolute atomic E-state index is 0. The zero-order valence-electron chi connectivity index (χ0n) is 16.6. The van der Waals surface area contributed by atoms with E-state index in [9.17, 15) is 9.90 Å². The zero-order chi connectivity index (χ0) is 20.2. The summed E-state index contributed by atoms with van der Waals surface area (Å²) in [5, 5.41) is 11.8. The minimum Gasteiger partial charge on any atom is -0.543 e. The van der Waals surface area contributed by atoms with Crippen LogP contribution in [0.3, 0.4) is 0 Å². The van der Waals surface area contributed by atoms with E-state index in [1.165, 1.54) is 6.07 Å². The number of halogens is 1. The van der Waals surface area contributed by atoms with Gasteiger partial charge in [0.25, 0.3) is 0 Å².